The van der Waals surface area contributed by atoms with Crippen LogP contribution in [0.1, 0.15) is 30.3 Å². The quantitative estimate of drug-likeness (QED) is 0.582. The van der Waals surface area contributed by atoms with E-state index in [2.05, 4.69) is 4.98 Å². The van der Waals surface area contributed by atoms with Crippen molar-refractivity contribution in [3.63, 3.8) is 0 Å². The summed E-state index contributed by atoms with van der Waals surface area (Å²) in [5, 5.41) is 0. The third-order valence-corrected chi connectivity index (χ3v) is 1.94. The first-order chi connectivity index (χ1) is 4.88. The predicted molar refractivity (Wildman–Crippen MR) is 36.4 cm³/mol. The summed E-state index contributed by atoms with van der Waals surface area (Å²) in [6.45, 7) is 0. The van der Waals surface area contributed by atoms with Gasteiger partial charge in [-0.2, -0.15) is 0 Å². The minimum atomic E-state index is 0.0891. The summed E-state index contributed by atoms with van der Waals surface area (Å²) in [4.78, 5) is 4.06. The molecule has 3 nitrogen and oxygen atoms in total. The molecule has 2 rings (SSSR count). The first kappa shape index (κ1) is 5.92. The molecule has 1 unspecified atom stereocenters. The highest BCUT2D eigenvalue weighted by Gasteiger charge is 2.20. The molecule has 1 aromatic heterocycles. The number of oxazole rings is 1. The molecule has 0 spiro atoms. The molecular weight excluding hydrogens is 128 g/mol. The van der Waals surface area contributed by atoms with Gasteiger partial charge in [0.15, 0.2) is 6.39 Å². The Morgan fingerprint density at radius 3 is 3.40 bits per heavy atom. The fraction of sp³-hybridized carbons (Fsp3) is 0.571. The Hall–Kier alpha value is -0.830. The maximum atomic E-state index is 5.76. The van der Waals surface area contributed by atoms with Crippen molar-refractivity contribution < 1.29 is 4.42 Å². The number of nitrogens with zero attached hydrogens (tertiary/aromatic N) is 1. The van der Waals surface area contributed by atoms with Crippen molar-refractivity contribution in [1.29, 1.82) is 0 Å². The van der Waals surface area contributed by atoms with E-state index >= 15 is 0 Å². The molecule has 1 aliphatic carbocycles. The van der Waals surface area contributed by atoms with Crippen LogP contribution in [0.2, 0.25) is 0 Å². The summed E-state index contributed by atoms with van der Waals surface area (Å²) in [5.41, 5.74) is 6.81. The average Bonchev–Trinajstić information content (AvgIpc) is 2.36. The van der Waals surface area contributed by atoms with E-state index in [0.717, 1.165) is 30.7 Å². The Labute approximate surface area is 59.2 Å². The van der Waals surface area contributed by atoms with Crippen LogP contribution in [0.3, 0.4) is 0 Å². The number of nitrogens with two attached hydrogens (primary N) is 1. The summed E-state index contributed by atoms with van der Waals surface area (Å²) in [7, 11) is 0. The molecule has 54 valence electrons. The van der Waals surface area contributed by atoms with Crippen molar-refractivity contribution in [1.82, 2.24) is 4.98 Å². The fourth-order valence-corrected chi connectivity index (χ4v) is 1.39. The van der Waals surface area contributed by atoms with Gasteiger partial charge < -0.3 is 10.2 Å². The van der Waals surface area contributed by atoms with Gasteiger partial charge in [0.2, 0.25) is 0 Å². The Bertz CT molecular complexity index is 231. The van der Waals surface area contributed by atoms with Crippen LogP contribution in [-0.4, -0.2) is 4.98 Å². The standard InChI is InChI=1S/C7H10N2O/c8-5-2-1-3-6-7(5)10-4-9-6/h4-5H,1-3,8H2. The maximum Gasteiger partial charge on any atom is 0.181 e. The number of fused-ring (bicyclic) bond motifs is 1. The van der Waals surface area contributed by atoms with Crippen LogP contribution in [0.15, 0.2) is 10.8 Å². The van der Waals surface area contributed by atoms with Gasteiger partial charge in [0.25, 0.3) is 0 Å². The maximum absolute atomic E-state index is 5.76. The molecule has 0 aromatic carbocycles. The molecule has 2 N–H and O–H groups in total. The third-order valence-electron chi connectivity index (χ3n) is 1.94. The van der Waals surface area contributed by atoms with E-state index in [4.69, 9.17) is 10.2 Å². The number of hydrogen-bond donors (Lipinski definition) is 1. The van der Waals surface area contributed by atoms with Gasteiger partial charge >= 0.3 is 0 Å². The van der Waals surface area contributed by atoms with Crippen molar-refractivity contribution in [2.24, 2.45) is 5.73 Å². The number of aryl methyl sites for hydroxylation is 1. The lowest BCUT2D eigenvalue weighted by Gasteiger charge is -2.14. The molecular formula is C7H10N2O. The van der Waals surface area contributed by atoms with E-state index in [0.29, 0.717) is 0 Å². The van der Waals surface area contributed by atoms with E-state index in [1.807, 2.05) is 0 Å². The van der Waals surface area contributed by atoms with E-state index in [1.54, 1.807) is 0 Å². The predicted octanol–water partition coefficient (Wildman–Crippen LogP) is 1.01. The zero-order chi connectivity index (χ0) is 6.97. The molecule has 0 fully saturated rings. The summed E-state index contributed by atoms with van der Waals surface area (Å²) in [6, 6.07) is 0.0891. The number of hydrogen-bond acceptors (Lipinski definition) is 3. The Morgan fingerprint density at radius 1 is 1.70 bits per heavy atom. The van der Waals surface area contributed by atoms with Crippen LogP contribution in [0.5, 0.6) is 0 Å². The van der Waals surface area contributed by atoms with Crippen molar-refractivity contribution in [2.75, 3.05) is 0 Å². The molecule has 0 saturated carbocycles. The topological polar surface area (TPSA) is 52.0 Å². The SMILES string of the molecule is NC1CCCc2ncoc21. The summed E-state index contributed by atoms with van der Waals surface area (Å²) in [5.74, 6) is 0.895. The molecule has 0 aliphatic heterocycles. The fourth-order valence-electron chi connectivity index (χ4n) is 1.39. The largest absolute Gasteiger partial charge is 0.447 e. The second-order valence-electron chi connectivity index (χ2n) is 2.66. The van der Waals surface area contributed by atoms with Crippen LogP contribution in [0, 0.1) is 0 Å². The molecule has 1 aliphatic rings. The van der Waals surface area contributed by atoms with Crippen LogP contribution in [0.25, 0.3) is 0 Å². The van der Waals surface area contributed by atoms with E-state index in [9.17, 15) is 0 Å². The smallest absolute Gasteiger partial charge is 0.181 e. The van der Waals surface area contributed by atoms with Gasteiger partial charge in [-0.05, 0) is 19.3 Å². The number of rotatable bonds is 0. The van der Waals surface area contributed by atoms with Gasteiger partial charge in [0.1, 0.15) is 5.76 Å². The first-order valence-corrected chi connectivity index (χ1v) is 3.56. The van der Waals surface area contributed by atoms with E-state index in [-0.39, 0.29) is 6.04 Å². The molecule has 1 heterocycles. The molecule has 0 amide bonds. The lowest BCUT2D eigenvalue weighted by Crippen LogP contribution is -2.15. The first-order valence-electron chi connectivity index (χ1n) is 3.56. The molecule has 0 radical (unpaired) electrons. The van der Waals surface area contributed by atoms with Crippen molar-refractivity contribution >= 4 is 0 Å². The third kappa shape index (κ3) is 0.743. The second kappa shape index (κ2) is 2.09. The van der Waals surface area contributed by atoms with Crippen LogP contribution in [-0.2, 0) is 6.42 Å². The minimum Gasteiger partial charge on any atom is -0.447 e. The normalized spacial score (nSPS) is 24.3. The van der Waals surface area contributed by atoms with Gasteiger partial charge in [-0.15, -0.1) is 0 Å². The summed E-state index contributed by atoms with van der Waals surface area (Å²) >= 11 is 0. The highest BCUT2D eigenvalue weighted by molar-refractivity contribution is 5.14. The van der Waals surface area contributed by atoms with Gasteiger partial charge in [0.05, 0.1) is 11.7 Å². The van der Waals surface area contributed by atoms with Crippen molar-refractivity contribution in [3.8, 4) is 0 Å². The van der Waals surface area contributed by atoms with Crippen LogP contribution in [0.4, 0.5) is 0 Å². The monoisotopic (exact) mass is 138 g/mol. The zero-order valence-electron chi connectivity index (χ0n) is 5.71. The van der Waals surface area contributed by atoms with Crippen molar-refractivity contribution in [3.05, 3.63) is 17.8 Å². The number of aromatic nitrogens is 1. The highest BCUT2D eigenvalue weighted by Crippen LogP contribution is 2.26. The molecule has 3 heteroatoms. The highest BCUT2D eigenvalue weighted by atomic mass is 16.3. The van der Waals surface area contributed by atoms with Gasteiger partial charge in [0, 0.05) is 0 Å². The second-order valence-corrected chi connectivity index (χ2v) is 2.66. The molecule has 0 bridgehead atoms. The van der Waals surface area contributed by atoms with E-state index in [1.165, 1.54) is 6.39 Å². The Morgan fingerprint density at radius 2 is 2.60 bits per heavy atom. The van der Waals surface area contributed by atoms with Gasteiger partial charge in [-0.1, -0.05) is 0 Å². The average molecular weight is 138 g/mol. The van der Waals surface area contributed by atoms with Gasteiger partial charge in [-0.25, -0.2) is 4.98 Å². The summed E-state index contributed by atoms with van der Waals surface area (Å²) in [6.07, 6.45) is 4.68. The molecule has 0 saturated heterocycles. The zero-order valence-corrected chi connectivity index (χ0v) is 5.71. The van der Waals surface area contributed by atoms with Crippen LogP contribution >= 0.6 is 0 Å². The van der Waals surface area contributed by atoms with Crippen molar-refractivity contribution in [2.45, 2.75) is 25.3 Å². The molecule has 1 atom stereocenters. The van der Waals surface area contributed by atoms with Crippen LogP contribution < -0.4 is 5.73 Å². The van der Waals surface area contributed by atoms with Gasteiger partial charge in [-0.3, -0.25) is 0 Å². The van der Waals surface area contributed by atoms with E-state index < -0.39 is 0 Å². The summed E-state index contributed by atoms with van der Waals surface area (Å²) < 4.78 is 5.13. The molecule has 10 heavy (non-hydrogen) atoms. The Balaban J connectivity index is 2.41. The lowest BCUT2D eigenvalue weighted by atomic mass is 9.98. The minimum absolute atomic E-state index is 0.0891. The Kier molecular flexibility index (Phi) is 1.24. The molecule has 1 aromatic rings. The lowest BCUT2D eigenvalue weighted by molar-refractivity contribution is 0.422.